The van der Waals surface area contributed by atoms with Gasteiger partial charge in [-0.25, -0.2) is 14.0 Å². The third-order valence-corrected chi connectivity index (χ3v) is 2.35. The second-order valence-corrected chi connectivity index (χ2v) is 3.59. The van der Waals surface area contributed by atoms with Gasteiger partial charge in [-0.2, -0.15) is 0 Å². The zero-order valence-corrected chi connectivity index (χ0v) is 8.81. The van der Waals surface area contributed by atoms with Crippen LogP contribution in [0.15, 0.2) is 18.2 Å². The van der Waals surface area contributed by atoms with E-state index < -0.39 is 23.9 Å². The molecule has 0 saturated carbocycles. The van der Waals surface area contributed by atoms with Gasteiger partial charge in [0.1, 0.15) is 5.82 Å². The van der Waals surface area contributed by atoms with Gasteiger partial charge in [-0.1, -0.05) is 0 Å². The molecule has 6 heteroatoms. The lowest BCUT2D eigenvalue weighted by atomic mass is 10.2. The Balaban J connectivity index is 2.11. The molecule has 0 radical (unpaired) electrons. The Hall–Kier alpha value is -2.11. The van der Waals surface area contributed by atoms with Crippen LogP contribution in [0.1, 0.15) is 16.8 Å². The fourth-order valence-corrected chi connectivity index (χ4v) is 1.47. The lowest BCUT2D eigenvalue weighted by molar-refractivity contribution is -0.145. The fourth-order valence-electron chi connectivity index (χ4n) is 1.47. The van der Waals surface area contributed by atoms with E-state index in [1.807, 2.05) is 0 Å². The monoisotopic (exact) mass is 239 g/mol. The number of carbonyl (C=O) groups is 2. The van der Waals surface area contributed by atoms with Crippen LogP contribution in [-0.4, -0.2) is 24.6 Å². The molecule has 1 fully saturated rings. The van der Waals surface area contributed by atoms with Crippen molar-refractivity contribution >= 4 is 17.6 Å². The lowest BCUT2D eigenvalue weighted by Gasteiger charge is -2.08. The molecule has 1 aliphatic heterocycles. The first kappa shape index (κ1) is 11.4. The van der Waals surface area contributed by atoms with Gasteiger partial charge in [0.2, 0.25) is 6.10 Å². The molecule has 5 nitrogen and oxygen atoms in total. The molecule has 1 aromatic carbocycles. The highest BCUT2D eigenvalue weighted by Gasteiger charge is 2.31. The first-order valence-corrected chi connectivity index (χ1v) is 5.00. The summed E-state index contributed by atoms with van der Waals surface area (Å²) in [5, 5.41) is 0. The summed E-state index contributed by atoms with van der Waals surface area (Å²) in [7, 11) is 0. The number of rotatable bonds is 2. The molecular formula is C11H10FNO4. The minimum atomic E-state index is -0.945. The Labute approximate surface area is 96.3 Å². The zero-order chi connectivity index (χ0) is 12.4. The van der Waals surface area contributed by atoms with Crippen LogP contribution < -0.4 is 5.73 Å². The maximum Gasteiger partial charge on any atom is 0.347 e. The Morgan fingerprint density at radius 3 is 2.88 bits per heavy atom. The van der Waals surface area contributed by atoms with Gasteiger partial charge in [-0.3, -0.25) is 0 Å². The average Bonchev–Trinajstić information content (AvgIpc) is 2.64. The maximum atomic E-state index is 13.4. The molecule has 1 atom stereocenters. The minimum Gasteiger partial charge on any atom is -0.463 e. The number of hydrogen-bond acceptors (Lipinski definition) is 5. The Bertz CT molecular complexity index is 475. The summed E-state index contributed by atoms with van der Waals surface area (Å²) in [5.41, 5.74) is 5.30. The van der Waals surface area contributed by atoms with Crippen LogP contribution >= 0.6 is 0 Å². The van der Waals surface area contributed by atoms with E-state index in [4.69, 9.17) is 10.5 Å². The van der Waals surface area contributed by atoms with E-state index in [1.54, 1.807) is 0 Å². The van der Waals surface area contributed by atoms with Crippen molar-refractivity contribution in [2.24, 2.45) is 0 Å². The number of ether oxygens (including phenoxy) is 2. The molecule has 1 aromatic rings. The van der Waals surface area contributed by atoms with Crippen molar-refractivity contribution in [3.8, 4) is 0 Å². The first-order chi connectivity index (χ1) is 8.08. The molecule has 0 aliphatic carbocycles. The summed E-state index contributed by atoms with van der Waals surface area (Å²) < 4.78 is 22.8. The summed E-state index contributed by atoms with van der Waals surface area (Å²) in [6.45, 7) is 0.209. The van der Waals surface area contributed by atoms with Crippen LogP contribution in [0.25, 0.3) is 0 Å². The third-order valence-electron chi connectivity index (χ3n) is 2.35. The Kier molecular flexibility index (Phi) is 2.95. The molecule has 0 aromatic heterocycles. The summed E-state index contributed by atoms with van der Waals surface area (Å²) in [4.78, 5) is 22.6. The van der Waals surface area contributed by atoms with Crippen molar-refractivity contribution in [2.75, 3.05) is 12.3 Å². The summed E-state index contributed by atoms with van der Waals surface area (Å²) >= 11 is 0. The standard InChI is InChI=1S/C11H10FNO4/c12-8-5-6(13)1-2-7(8)10(14)17-9-3-4-16-11(9)15/h1-2,5,9H,3-4,13H2. The molecule has 0 amide bonds. The highest BCUT2D eigenvalue weighted by molar-refractivity contribution is 5.92. The van der Waals surface area contributed by atoms with Gasteiger partial charge in [-0.05, 0) is 18.2 Å². The highest BCUT2D eigenvalue weighted by Crippen LogP contribution is 2.16. The van der Waals surface area contributed by atoms with Crippen molar-refractivity contribution in [1.82, 2.24) is 0 Å². The van der Waals surface area contributed by atoms with Gasteiger partial charge in [0.15, 0.2) is 0 Å². The summed E-state index contributed by atoms with van der Waals surface area (Å²) in [6.07, 6.45) is -0.652. The SMILES string of the molecule is Nc1ccc(C(=O)OC2CCOC2=O)c(F)c1. The number of cyclic esters (lactones) is 1. The average molecular weight is 239 g/mol. The van der Waals surface area contributed by atoms with E-state index in [1.165, 1.54) is 12.1 Å². The molecule has 1 aliphatic rings. The molecule has 1 unspecified atom stereocenters. The second-order valence-electron chi connectivity index (χ2n) is 3.59. The van der Waals surface area contributed by atoms with Crippen molar-refractivity contribution in [3.05, 3.63) is 29.6 Å². The van der Waals surface area contributed by atoms with E-state index in [2.05, 4.69) is 4.74 Å². The van der Waals surface area contributed by atoms with Crippen LogP contribution in [0.5, 0.6) is 0 Å². The third kappa shape index (κ3) is 2.35. The zero-order valence-electron chi connectivity index (χ0n) is 8.81. The van der Waals surface area contributed by atoms with E-state index in [9.17, 15) is 14.0 Å². The smallest absolute Gasteiger partial charge is 0.347 e. The number of benzene rings is 1. The Morgan fingerprint density at radius 1 is 1.53 bits per heavy atom. The quantitative estimate of drug-likeness (QED) is 0.612. The molecule has 17 heavy (non-hydrogen) atoms. The normalized spacial score (nSPS) is 18.9. The van der Waals surface area contributed by atoms with Gasteiger partial charge < -0.3 is 15.2 Å². The number of nitrogens with two attached hydrogens (primary N) is 1. The van der Waals surface area contributed by atoms with Crippen molar-refractivity contribution in [2.45, 2.75) is 12.5 Å². The van der Waals surface area contributed by atoms with Crippen molar-refractivity contribution in [1.29, 1.82) is 0 Å². The molecule has 1 heterocycles. The maximum absolute atomic E-state index is 13.4. The molecule has 90 valence electrons. The number of hydrogen-bond donors (Lipinski definition) is 1. The van der Waals surface area contributed by atoms with Crippen molar-refractivity contribution in [3.63, 3.8) is 0 Å². The van der Waals surface area contributed by atoms with Crippen LogP contribution in [0.4, 0.5) is 10.1 Å². The Morgan fingerprint density at radius 2 is 2.29 bits per heavy atom. The van der Waals surface area contributed by atoms with Crippen LogP contribution in [0, 0.1) is 5.82 Å². The van der Waals surface area contributed by atoms with Gasteiger partial charge >= 0.3 is 11.9 Å². The van der Waals surface area contributed by atoms with Crippen LogP contribution in [0.2, 0.25) is 0 Å². The van der Waals surface area contributed by atoms with Crippen LogP contribution in [-0.2, 0) is 14.3 Å². The first-order valence-electron chi connectivity index (χ1n) is 5.00. The molecule has 1 saturated heterocycles. The topological polar surface area (TPSA) is 78.6 Å². The number of halogens is 1. The van der Waals surface area contributed by atoms with E-state index in [-0.39, 0.29) is 17.9 Å². The van der Waals surface area contributed by atoms with E-state index in [0.29, 0.717) is 6.42 Å². The van der Waals surface area contributed by atoms with Gasteiger partial charge in [0.25, 0.3) is 0 Å². The predicted octanol–water partition coefficient (Wildman–Crippen LogP) is 0.880. The van der Waals surface area contributed by atoms with E-state index in [0.717, 1.165) is 6.07 Å². The number of esters is 2. The predicted molar refractivity (Wildman–Crippen MR) is 55.6 cm³/mol. The number of nitrogen functional groups attached to an aromatic ring is 1. The van der Waals surface area contributed by atoms with Gasteiger partial charge in [0.05, 0.1) is 12.2 Å². The molecule has 2 N–H and O–H groups in total. The van der Waals surface area contributed by atoms with Crippen molar-refractivity contribution < 1.29 is 23.5 Å². The van der Waals surface area contributed by atoms with Gasteiger partial charge in [0, 0.05) is 12.1 Å². The highest BCUT2D eigenvalue weighted by atomic mass is 19.1. The van der Waals surface area contributed by atoms with E-state index >= 15 is 0 Å². The largest absolute Gasteiger partial charge is 0.463 e. The fraction of sp³-hybridized carbons (Fsp3) is 0.273. The minimum absolute atomic E-state index is 0.208. The molecule has 0 spiro atoms. The van der Waals surface area contributed by atoms with Gasteiger partial charge in [-0.15, -0.1) is 0 Å². The number of carbonyl (C=O) groups excluding carboxylic acids is 2. The lowest BCUT2D eigenvalue weighted by Crippen LogP contribution is -2.23. The molecule has 0 bridgehead atoms. The summed E-state index contributed by atoms with van der Waals surface area (Å²) in [5.74, 6) is -2.28. The molecule has 2 rings (SSSR count). The molecular weight excluding hydrogens is 229 g/mol. The van der Waals surface area contributed by atoms with Crippen LogP contribution in [0.3, 0.4) is 0 Å². The number of anilines is 1. The summed E-state index contributed by atoms with van der Waals surface area (Å²) in [6, 6.07) is 3.61. The second kappa shape index (κ2) is 4.40.